The molecule has 2 aromatic carbocycles. The molecule has 0 atom stereocenters. The summed E-state index contributed by atoms with van der Waals surface area (Å²) in [5.74, 6) is -1.61. The highest BCUT2D eigenvalue weighted by Crippen LogP contribution is 2.32. The van der Waals surface area contributed by atoms with E-state index in [-0.39, 0.29) is 19.1 Å². The third kappa shape index (κ3) is 7.65. The van der Waals surface area contributed by atoms with Crippen LogP contribution in [0, 0.1) is 13.8 Å². The van der Waals surface area contributed by atoms with Crippen LogP contribution >= 0.6 is 0 Å². The Labute approximate surface area is 250 Å². The van der Waals surface area contributed by atoms with Gasteiger partial charge in [0.15, 0.2) is 23.1 Å². The van der Waals surface area contributed by atoms with Crippen molar-refractivity contribution in [1.29, 1.82) is 0 Å². The van der Waals surface area contributed by atoms with Crippen molar-refractivity contribution in [3.8, 4) is 22.9 Å². The normalized spacial score (nSPS) is 11.4. The molecule has 0 unspecified atom stereocenters. The molecule has 228 valence electrons. The first-order valence-corrected chi connectivity index (χ1v) is 14.0. The van der Waals surface area contributed by atoms with Crippen LogP contribution in [0.25, 0.3) is 22.3 Å². The first kappa shape index (κ1) is 31.4. The van der Waals surface area contributed by atoms with E-state index in [0.717, 1.165) is 30.3 Å². The summed E-state index contributed by atoms with van der Waals surface area (Å²) in [4.78, 5) is 36.7. The Bertz CT molecular complexity index is 1630. The molecule has 0 aliphatic heterocycles. The number of nitrogens with zero attached hydrogens (tertiary/aromatic N) is 5. The van der Waals surface area contributed by atoms with E-state index in [1.165, 1.54) is 7.11 Å². The molecule has 2 aromatic heterocycles. The van der Waals surface area contributed by atoms with Crippen molar-refractivity contribution < 1.29 is 29.3 Å². The summed E-state index contributed by atoms with van der Waals surface area (Å²) in [5.41, 5.74) is 4.53. The average molecular weight is 591 g/mol. The fraction of sp³-hybridized carbons (Fsp3) is 0.387. The molecule has 0 fully saturated rings. The monoisotopic (exact) mass is 590 g/mol. The van der Waals surface area contributed by atoms with Crippen LogP contribution in [0.1, 0.15) is 47.6 Å². The fourth-order valence-corrected chi connectivity index (χ4v) is 4.65. The SMILES string of the molecule is CCn1ncc(CN(C)C(=O)c2nc(-c3ccc(OCCNC(=O)CC(C)(O)O)c(OC)c3)nc3ccc(C)cc23)c1C. The van der Waals surface area contributed by atoms with Crippen molar-refractivity contribution in [2.24, 2.45) is 0 Å². The molecule has 12 heteroatoms. The number of benzene rings is 2. The molecule has 4 aromatic rings. The molecule has 0 radical (unpaired) electrons. The van der Waals surface area contributed by atoms with Crippen molar-refractivity contribution in [1.82, 2.24) is 30.0 Å². The van der Waals surface area contributed by atoms with Crippen LogP contribution in [0.4, 0.5) is 0 Å². The standard InChI is InChI=1S/C31H38N6O6/c1-7-37-20(3)22(17-33-37)18-36(5)30(39)28-23-14-19(2)8-10-24(23)34-29(35-28)21-9-11-25(26(15-21)42-6)43-13-12-32-27(38)16-31(4,40)41/h8-11,14-15,17,40-41H,7,12-13,16,18H2,1-6H3,(H,32,38). The van der Waals surface area contributed by atoms with Gasteiger partial charge in [-0.3, -0.25) is 14.3 Å². The molecule has 0 spiro atoms. The average Bonchev–Trinajstić information content (AvgIpc) is 3.31. The van der Waals surface area contributed by atoms with Crippen LogP contribution in [-0.4, -0.2) is 79.8 Å². The van der Waals surface area contributed by atoms with E-state index in [0.29, 0.717) is 46.0 Å². The molecule has 43 heavy (non-hydrogen) atoms. The maximum Gasteiger partial charge on any atom is 0.273 e. The number of aryl methyl sites for hydroxylation is 2. The van der Waals surface area contributed by atoms with Gasteiger partial charge in [-0.2, -0.15) is 5.10 Å². The Morgan fingerprint density at radius 1 is 1.09 bits per heavy atom. The van der Waals surface area contributed by atoms with Gasteiger partial charge in [-0.05, 0) is 58.0 Å². The summed E-state index contributed by atoms with van der Waals surface area (Å²) in [6.45, 7) is 8.53. The van der Waals surface area contributed by atoms with E-state index in [2.05, 4.69) is 10.4 Å². The second-order valence-corrected chi connectivity index (χ2v) is 10.6. The number of rotatable bonds is 12. The van der Waals surface area contributed by atoms with Gasteiger partial charge in [0.25, 0.3) is 5.91 Å². The number of hydrogen-bond acceptors (Lipinski definition) is 9. The predicted molar refractivity (Wildman–Crippen MR) is 161 cm³/mol. The number of methoxy groups -OCH3 is 1. The van der Waals surface area contributed by atoms with E-state index in [1.54, 1.807) is 36.3 Å². The summed E-state index contributed by atoms with van der Waals surface area (Å²) in [6, 6.07) is 10.9. The maximum absolute atomic E-state index is 13.8. The van der Waals surface area contributed by atoms with Crippen LogP contribution in [-0.2, 0) is 17.9 Å². The molecule has 4 rings (SSSR count). The van der Waals surface area contributed by atoms with E-state index in [4.69, 9.17) is 19.4 Å². The highest BCUT2D eigenvalue weighted by molar-refractivity contribution is 6.05. The Hall–Kier alpha value is -4.55. The summed E-state index contributed by atoms with van der Waals surface area (Å²) in [7, 11) is 3.26. The lowest BCUT2D eigenvalue weighted by Gasteiger charge is -2.18. The smallest absolute Gasteiger partial charge is 0.273 e. The highest BCUT2D eigenvalue weighted by atomic mass is 16.5. The summed E-state index contributed by atoms with van der Waals surface area (Å²) in [6.07, 6.45) is 1.35. The molecule has 0 saturated carbocycles. The molecule has 3 N–H and O–H groups in total. The van der Waals surface area contributed by atoms with Crippen LogP contribution in [0.15, 0.2) is 42.6 Å². The van der Waals surface area contributed by atoms with Crippen molar-refractivity contribution >= 4 is 22.7 Å². The molecule has 0 aliphatic carbocycles. The van der Waals surface area contributed by atoms with E-state index >= 15 is 0 Å². The third-order valence-corrected chi connectivity index (χ3v) is 6.91. The molecule has 12 nitrogen and oxygen atoms in total. The number of carbonyl (C=O) groups is 2. The first-order valence-electron chi connectivity index (χ1n) is 14.0. The van der Waals surface area contributed by atoms with Gasteiger partial charge in [-0.25, -0.2) is 9.97 Å². The maximum atomic E-state index is 13.8. The summed E-state index contributed by atoms with van der Waals surface area (Å²) < 4.78 is 13.2. The Kier molecular flexibility index (Phi) is 9.62. The molecule has 0 saturated heterocycles. The zero-order chi connectivity index (χ0) is 31.3. The molecular formula is C31H38N6O6. The Morgan fingerprint density at radius 3 is 2.53 bits per heavy atom. The largest absolute Gasteiger partial charge is 0.493 e. The van der Waals surface area contributed by atoms with Gasteiger partial charge in [0.05, 0.1) is 31.8 Å². The topological polar surface area (TPSA) is 152 Å². The lowest BCUT2D eigenvalue weighted by atomic mass is 10.1. The number of aliphatic hydroxyl groups is 2. The lowest BCUT2D eigenvalue weighted by molar-refractivity contribution is -0.161. The van der Waals surface area contributed by atoms with Crippen molar-refractivity contribution in [2.75, 3.05) is 27.3 Å². The number of ether oxygens (including phenoxy) is 2. The van der Waals surface area contributed by atoms with Crippen LogP contribution < -0.4 is 14.8 Å². The molecule has 2 amide bonds. The minimum Gasteiger partial charge on any atom is -0.493 e. The van der Waals surface area contributed by atoms with Crippen molar-refractivity contribution in [2.45, 2.75) is 53.0 Å². The number of fused-ring (bicyclic) bond motifs is 1. The minimum absolute atomic E-state index is 0.127. The third-order valence-electron chi connectivity index (χ3n) is 6.91. The lowest BCUT2D eigenvalue weighted by Crippen LogP contribution is -2.35. The number of carbonyl (C=O) groups excluding carboxylic acids is 2. The number of aromatic nitrogens is 4. The summed E-state index contributed by atoms with van der Waals surface area (Å²) in [5, 5.41) is 26.3. The zero-order valence-corrected chi connectivity index (χ0v) is 25.3. The van der Waals surface area contributed by atoms with E-state index in [1.807, 2.05) is 43.7 Å². The Morgan fingerprint density at radius 2 is 1.86 bits per heavy atom. The van der Waals surface area contributed by atoms with E-state index < -0.39 is 18.1 Å². The van der Waals surface area contributed by atoms with Crippen LogP contribution in [0.2, 0.25) is 0 Å². The van der Waals surface area contributed by atoms with Crippen LogP contribution in [0.5, 0.6) is 11.5 Å². The molecular weight excluding hydrogens is 552 g/mol. The quantitative estimate of drug-likeness (QED) is 0.167. The number of amides is 2. The molecule has 0 bridgehead atoms. The molecule has 2 heterocycles. The summed E-state index contributed by atoms with van der Waals surface area (Å²) >= 11 is 0. The zero-order valence-electron chi connectivity index (χ0n) is 25.3. The fourth-order valence-electron chi connectivity index (χ4n) is 4.65. The van der Waals surface area contributed by atoms with Gasteiger partial charge in [0.1, 0.15) is 12.3 Å². The van der Waals surface area contributed by atoms with Crippen molar-refractivity contribution in [3.63, 3.8) is 0 Å². The van der Waals surface area contributed by atoms with E-state index in [9.17, 15) is 19.8 Å². The Balaban J connectivity index is 1.58. The first-order chi connectivity index (χ1) is 20.4. The van der Waals surface area contributed by atoms with Gasteiger partial charge in [-0.1, -0.05) is 11.6 Å². The minimum atomic E-state index is -2.08. The number of nitrogens with one attached hydrogen (secondary N) is 1. The molecule has 0 aliphatic rings. The van der Waals surface area contributed by atoms with Gasteiger partial charge < -0.3 is 29.9 Å². The van der Waals surface area contributed by atoms with Gasteiger partial charge in [0.2, 0.25) is 5.91 Å². The second kappa shape index (κ2) is 13.2. The van der Waals surface area contributed by atoms with Crippen molar-refractivity contribution in [3.05, 3.63) is 65.1 Å². The number of hydrogen-bond donors (Lipinski definition) is 3. The van der Waals surface area contributed by atoms with Gasteiger partial charge in [-0.15, -0.1) is 0 Å². The van der Waals surface area contributed by atoms with Gasteiger partial charge in [0, 0.05) is 42.3 Å². The van der Waals surface area contributed by atoms with Crippen LogP contribution in [0.3, 0.4) is 0 Å². The highest BCUT2D eigenvalue weighted by Gasteiger charge is 2.22. The predicted octanol–water partition coefficient (Wildman–Crippen LogP) is 3.00. The van der Waals surface area contributed by atoms with Gasteiger partial charge >= 0.3 is 0 Å². The second-order valence-electron chi connectivity index (χ2n) is 10.6.